The summed E-state index contributed by atoms with van der Waals surface area (Å²) in [5, 5.41) is 7.18. The van der Waals surface area contributed by atoms with Crippen molar-refractivity contribution in [1.82, 2.24) is 14.8 Å². The highest BCUT2D eigenvalue weighted by Gasteiger charge is 2.50. The van der Waals surface area contributed by atoms with E-state index in [1.807, 2.05) is 0 Å². The summed E-state index contributed by atoms with van der Waals surface area (Å²) < 4.78 is 36.3. The number of thiazole rings is 1. The lowest BCUT2D eigenvalue weighted by atomic mass is 9.89. The van der Waals surface area contributed by atoms with Crippen molar-refractivity contribution in [3.05, 3.63) is 47.4 Å². The minimum absolute atomic E-state index is 0.00325. The van der Waals surface area contributed by atoms with Gasteiger partial charge in [-0.05, 0) is 37.8 Å². The van der Waals surface area contributed by atoms with E-state index in [0.717, 1.165) is 54.8 Å². The molecule has 3 atom stereocenters. The predicted molar refractivity (Wildman–Crippen MR) is 116 cm³/mol. The number of nitrogens with one attached hydrogen (secondary N) is 1. The second-order valence-electron chi connectivity index (χ2n) is 8.20. The van der Waals surface area contributed by atoms with E-state index in [-0.39, 0.29) is 33.4 Å². The molecule has 1 amide bonds. The Balaban J connectivity index is 1.45. The minimum Gasteiger partial charge on any atom is -0.389 e. The molecule has 0 spiro atoms. The number of rotatable bonds is 4. The van der Waals surface area contributed by atoms with E-state index in [4.69, 9.17) is 16.2 Å². The first-order chi connectivity index (χ1) is 15.3. The zero-order chi connectivity index (χ0) is 22.6. The molecule has 0 radical (unpaired) electrons. The molecule has 2 bridgehead atoms. The van der Waals surface area contributed by atoms with E-state index in [1.165, 1.54) is 6.07 Å². The largest absolute Gasteiger partial charge is 0.389 e. The molecule has 2 fully saturated rings. The monoisotopic (exact) mass is 460 g/mol. The minimum atomic E-state index is -0.775. The Morgan fingerprint density at radius 3 is 2.78 bits per heavy atom. The van der Waals surface area contributed by atoms with Gasteiger partial charge in [0.05, 0.1) is 29.2 Å². The van der Waals surface area contributed by atoms with Gasteiger partial charge in [-0.15, -0.1) is 0 Å². The van der Waals surface area contributed by atoms with Crippen molar-refractivity contribution < 1.29 is 18.3 Å². The van der Waals surface area contributed by atoms with Crippen molar-refractivity contribution in [2.75, 3.05) is 11.1 Å². The molecule has 3 aromatic rings. The van der Waals surface area contributed by atoms with E-state index >= 15 is 0 Å². The van der Waals surface area contributed by atoms with Crippen LogP contribution in [0.4, 0.5) is 19.5 Å². The summed E-state index contributed by atoms with van der Waals surface area (Å²) in [5.74, 6) is -2.14. The summed E-state index contributed by atoms with van der Waals surface area (Å²) in [6, 6.07) is 3.52. The summed E-state index contributed by atoms with van der Waals surface area (Å²) in [6.07, 6.45) is 4.70. The van der Waals surface area contributed by atoms with Crippen molar-refractivity contribution in [1.29, 1.82) is 0 Å². The standard InChI is InChI=1S/C21H22F2N6O2S/c1-29-17(21-7-5-12(24)14(31-21)6-8-21)13(9-26-29)27-19(30)16-18(25)32-20(28-16)15-10(22)3-2-4-11(15)23/h2-4,9,12,14H,5-8,24-25H2,1H3,(H,27,30)/t12-,14-,21-/m0/s1. The number of hydrogen-bond acceptors (Lipinski definition) is 7. The Hall–Kier alpha value is -2.89. The second-order valence-corrected chi connectivity index (χ2v) is 9.24. The molecule has 0 unspecified atom stereocenters. The molecule has 8 nitrogen and oxygen atoms in total. The van der Waals surface area contributed by atoms with Gasteiger partial charge in [-0.2, -0.15) is 5.10 Å². The fraction of sp³-hybridized carbons (Fsp3) is 0.381. The van der Waals surface area contributed by atoms with E-state index < -0.39 is 23.1 Å². The highest BCUT2D eigenvalue weighted by molar-refractivity contribution is 7.19. The summed E-state index contributed by atoms with van der Waals surface area (Å²) in [6.45, 7) is 0. The number of nitrogens with two attached hydrogens (primary N) is 2. The van der Waals surface area contributed by atoms with Gasteiger partial charge in [0.15, 0.2) is 5.69 Å². The maximum atomic E-state index is 14.2. The molecular weight excluding hydrogens is 438 g/mol. The van der Waals surface area contributed by atoms with Crippen molar-refractivity contribution in [3.8, 4) is 10.6 Å². The lowest BCUT2D eigenvalue weighted by molar-refractivity contribution is -0.0941. The predicted octanol–water partition coefficient (Wildman–Crippen LogP) is 3.15. The highest BCUT2D eigenvalue weighted by atomic mass is 32.1. The normalized spacial score (nSPS) is 24.6. The fourth-order valence-corrected chi connectivity index (χ4v) is 5.58. The first kappa shape index (κ1) is 21.0. The van der Waals surface area contributed by atoms with E-state index in [1.54, 1.807) is 17.9 Å². The number of carbonyl (C=O) groups excluding carboxylic acids is 1. The van der Waals surface area contributed by atoms with Gasteiger partial charge in [-0.1, -0.05) is 17.4 Å². The first-order valence-corrected chi connectivity index (χ1v) is 11.1. The van der Waals surface area contributed by atoms with Gasteiger partial charge in [-0.3, -0.25) is 9.48 Å². The Morgan fingerprint density at radius 1 is 1.31 bits per heavy atom. The number of fused-ring (bicyclic) bond motifs is 2. The van der Waals surface area contributed by atoms with Crippen molar-refractivity contribution in [3.63, 3.8) is 0 Å². The van der Waals surface area contributed by atoms with Crippen LogP contribution in [0.15, 0.2) is 24.4 Å². The van der Waals surface area contributed by atoms with Crippen LogP contribution >= 0.6 is 11.3 Å². The van der Waals surface area contributed by atoms with Gasteiger partial charge in [0.1, 0.15) is 27.2 Å². The fourth-order valence-electron chi connectivity index (χ4n) is 4.70. The third-order valence-corrected chi connectivity index (χ3v) is 7.13. The molecule has 2 aliphatic heterocycles. The van der Waals surface area contributed by atoms with E-state index in [0.29, 0.717) is 5.69 Å². The van der Waals surface area contributed by atoms with Crippen LogP contribution in [0.2, 0.25) is 0 Å². The molecule has 5 N–H and O–H groups in total. The first-order valence-electron chi connectivity index (χ1n) is 10.3. The third kappa shape index (κ3) is 3.28. The van der Waals surface area contributed by atoms with Gasteiger partial charge < -0.3 is 21.5 Å². The Labute approximate surface area is 186 Å². The maximum Gasteiger partial charge on any atom is 0.277 e. The summed E-state index contributed by atoms with van der Waals surface area (Å²) in [7, 11) is 1.79. The van der Waals surface area contributed by atoms with E-state index in [9.17, 15) is 13.6 Å². The van der Waals surface area contributed by atoms with Crippen molar-refractivity contribution >= 4 is 27.9 Å². The summed E-state index contributed by atoms with van der Waals surface area (Å²) in [5.41, 5.74) is 12.4. The van der Waals surface area contributed by atoms with Gasteiger partial charge in [0.25, 0.3) is 5.91 Å². The van der Waals surface area contributed by atoms with E-state index in [2.05, 4.69) is 15.4 Å². The molecule has 0 saturated carbocycles. The number of hydrogen-bond donors (Lipinski definition) is 3. The number of nitrogen functional groups attached to an aromatic ring is 1. The molecule has 1 aromatic carbocycles. The molecule has 32 heavy (non-hydrogen) atoms. The van der Waals surface area contributed by atoms with Gasteiger partial charge in [-0.25, -0.2) is 13.8 Å². The second kappa shape index (κ2) is 7.61. The third-order valence-electron chi connectivity index (χ3n) is 6.23. The topological polar surface area (TPSA) is 121 Å². The van der Waals surface area contributed by atoms with Gasteiger partial charge in [0, 0.05) is 13.1 Å². The number of nitrogens with zero attached hydrogens (tertiary/aromatic N) is 3. The maximum absolute atomic E-state index is 14.2. The number of aromatic nitrogens is 3. The summed E-state index contributed by atoms with van der Waals surface area (Å²) >= 11 is 0.849. The molecule has 168 valence electrons. The Kier molecular flexibility index (Phi) is 4.99. The number of carbonyl (C=O) groups is 1. The van der Waals surface area contributed by atoms with Crippen LogP contribution in [0.3, 0.4) is 0 Å². The quantitative estimate of drug-likeness (QED) is 0.550. The van der Waals surface area contributed by atoms with Gasteiger partial charge in [0.2, 0.25) is 0 Å². The number of halogens is 2. The van der Waals surface area contributed by atoms with Crippen LogP contribution in [0.1, 0.15) is 41.9 Å². The average Bonchev–Trinajstić information content (AvgIpc) is 3.42. The average molecular weight is 461 g/mol. The number of amides is 1. The molecular formula is C21H22F2N6O2S. The van der Waals surface area contributed by atoms with Crippen LogP contribution in [0.25, 0.3) is 10.6 Å². The Morgan fingerprint density at radius 2 is 2.03 bits per heavy atom. The molecule has 2 aromatic heterocycles. The zero-order valence-electron chi connectivity index (χ0n) is 17.3. The molecule has 0 aliphatic carbocycles. The molecule has 11 heteroatoms. The highest BCUT2D eigenvalue weighted by Crippen LogP contribution is 2.49. The Bertz CT molecular complexity index is 1190. The molecule has 4 heterocycles. The van der Waals surface area contributed by atoms with Crippen LogP contribution in [0.5, 0.6) is 0 Å². The van der Waals surface area contributed by atoms with Crippen LogP contribution in [0, 0.1) is 11.6 Å². The lowest BCUT2D eigenvalue weighted by Crippen LogP contribution is -2.43. The zero-order valence-corrected chi connectivity index (χ0v) is 18.1. The number of ether oxygens (including phenoxy) is 1. The van der Waals surface area contributed by atoms with Crippen molar-refractivity contribution in [2.45, 2.75) is 43.4 Å². The number of aryl methyl sites for hydroxylation is 1. The van der Waals surface area contributed by atoms with Crippen LogP contribution in [-0.4, -0.2) is 32.8 Å². The van der Waals surface area contributed by atoms with Crippen LogP contribution < -0.4 is 16.8 Å². The van der Waals surface area contributed by atoms with Crippen LogP contribution in [-0.2, 0) is 17.4 Å². The SMILES string of the molecule is Cn1ncc(NC(=O)c2nc(-c3c(F)cccc3F)sc2N)c1[C@]12CC[C@H](O1)[C@@H](N)CC2. The summed E-state index contributed by atoms with van der Waals surface area (Å²) in [4.78, 5) is 17.1. The molecule has 2 aliphatic rings. The van der Waals surface area contributed by atoms with Gasteiger partial charge >= 0.3 is 0 Å². The molecule has 5 rings (SSSR count). The van der Waals surface area contributed by atoms with Crippen molar-refractivity contribution in [2.24, 2.45) is 12.8 Å². The smallest absolute Gasteiger partial charge is 0.277 e. The number of benzene rings is 1. The lowest BCUT2D eigenvalue weighted by Gasteiger charge is -2.37. The number of anilines is 2. The molecule has 2 saturated heterocycles.